The van der Waals surface area contributed by atoms with Gasteiger partial charge in [0.05, 0.1) is 13.0 Å². The van der Waals surface area contributed by atoms with Crippen LogP contribution < -0.4 is 4.74 Å². The molecule has 0 radical (unpaired) electrons. The summed E-state index contributed by atoms with van der Waals surface area (Å²) in [5, 5.41) is 2.31. The molecule has 0 N–H and O–H groups in total. The second kappa shape index (κ2) is 19.1. The molecule has 37 heavy (non-hydrogen) atoms. The highest BCUT2D eigenvalue weighted by atomic mass is 16.5. The minimum atomic E-state index is -0.116. The van der Waals surface area contributed by atoms with Crippen LogP contribution in [0.25, 0.3) is 10.8 Å². The summed E-state index contributed by atoms with van der Waals surface area (Å²) in [4.78, 5) is 15.8. The molecule has 0 saturated carbocycles. The molecule has 3 heteroatoms. The van der Waals surface area contributed by atoms with E-state index in [1.54, 1.807) is 7.11 Å². The Morgan fingerprint density at radius 1 is 0.676 bits per heavy atom. The zero-order valence-corrected chi connectivity index (χ0v) is 24.5. The highest BCUT2D eigenvalue weighted by Crippen LogP contribution is 2.26. The van der Waals surface area contributed by atoms with Gasteiger partial charge in [0.2, 0.25) is 5.91 Å². The molecule has 0 fully saturated rings. The zero-order valence-electron chi connectivity index (χ0n) is 24.5. The zero-order chi connectivity index (χ0) is 26.7. The first-order valence-electron chi connectivity index (χ1n) is 15.5. The summed E-state index contributed by atoms with van der Waals surface area (Å²) in [5.74, 6) is 1.04. The molecule has 0 spiro atoms. The largest absolute Gasteiger partial charge is 0.497 e. The van der Waals surface area contributed by atoms with Gasteiger partial charge >= 0.3 is 0 Å². The third-order valence-corrected chi connectivity index (χ3v) is 7.82. The minimum Gasteiger partial charge on any atom is -0.497 e. The summed E-state index contributed by atoms with van der Waals surface area (Å²) in [5.41, 5.74) is 1.11. The van der Waals surface area contributed by atoms with E-state index in [2.05, 4.69) is 56.0 Å². The molecular formula is C34H55NO2. The molecule has 208 valence electrons. The normalized spacial score (nSPS) is 12.1. The Labute approximate surface area is 228 Å². The molecule has 2 aromatic rings. The van der Waals surface area contributed by atoms with E-state index in [1.807, 2.05) is 6.07 Å². The van der Waals surface area contributed by atoms with E-state index in [9.17, 15) is 4.79 Å². The molecule has 0 bridgehead atoms. The third-order valence-electron chi connectivity index (χ3n) is 7.82. The molecule has 0 aliphatic carbocycles. The fourth-order valence-electron chi connectivity index (χ4n) is 5.26. The number of amides is 1. The van der Waals surface area contributed by atoms with Crippen molar-refractivity contribution >= 4 is 16.7 Å². The van der Waals surface area contributed by atoms with Crippen LogP contribution in [0.5, 0.6) is 5.75 Å². The topological polar surface area (TPSA) is 29.5 Å². The van der Waals surface area contributed by atoms with Crippen molar-refractivity contribution in [3.8, 4) is 5.75 Å². The Kier molecular flexibility index (Phi) is 16.1. The first kappa shape index (κ1) is 31.2. The van der Waals surface area contributed by atoms with Gasteiger partial charge in [0.1, 0.15) is 5.75 Å². The summed E-state index contributed by atoms with van der Waals surface area (Å²) >= 11 is 0. The van der Waals surface area contributed by atoms with Crippen LogP contribution in [0.15, 0.2) is 36.4 Å². The van der Waals surface area contributed by atoms with Crippen molar-refractivity contribution in [1.82, 2.24) is 4.90 Å². The van der Waals surface area contributed by atoms with Gasteiger partial charge in [-0.1, -0.05) is 128 Å². The number of nitrogens with zero attached hydrogens (tertiary/aromatic N) is 1. The molecule has 0 saturated heterocycles. The number of carbonyl (C=O) groups excluding carboxylic acids is 1. The highest BCUT2D eigenvalue weighted by Gasteiger charge is 2.22. The molecule has 2 rings (SSSR count). The maximum absolute atomic E-state index is 13.6. The standard InChI is InChI=1S/C34H55NO2/c1-5-7-9-11-13-14-15-16-18-20-26-35(25-19-17-12-10-8-6-2)34(36)29(3)30-21-22-32-28-33(37-4)24-23-31(32)27-30/h21-24,27-29H,5-20,25-26H2,1-4H3/t29-/m0/s1. The molecule has 0 heterocycles. The molecule has 1 atom stereocenters. The fraction of sp³-hybridized carbons (Fsp3) is 0.676. The lowest BCUT2D eigenvalue weighted by molar-refractivity contribution is -0.132. The lowest BCUT2D eigenvalue weighted by atomic mass is 9.96. The molecule has 0 aliphatic rings. The summed E-state index contributed by atoms with van der Waals surface area (Å²) < 4.78 is 5.37. The van der Waals surface area contributed by atoms with Gasteiger partial charge < -0.3 is 9.64 Å². The van der Waals surface area contributed by atoms with E-state index < -0.39 is 0 Å². The molecule has 0 aromatic heterocycles. The number of ether oxygens (including phenoxy) is 1. The Morgan fingerprint density at radius 3 is 1.65 bits per heavy atom. The van der Waals surface area contributed by atoms with Crippen molar-refractivity contribution in [3.05, 3.63) is 42.0 Å². The first-order valence-corrected chi connectivity index (χ1v) is 15.5. The van der Waals surface area contributed by atoms with E-state index in [-0.39, 0.29) is 11.8 Å². The van der Waals surface area contributed by atoms with Gasteiger partial charge in [-0.25, -0.2) is 0 Å². The van der Waals surface area contributed by atoms with Crippen molar-refractivity contribution in [2.75, 3.05) is 20.2 Å². The van der Waals surface area contributed by atoms with Crippen LogP contribution in [0.1, 0.15) is 135 Å². The van der Waals surface area contributed by atoms with E-state index in [0.717, 1.165) is 48.0 Å². The van der Waals surface area contributed by atoms with E-state index in [1.165, 1.54) is 89.9 Å². The van der Waals surface area contributed by atoms with Gasteiger partial charge in [-0.15, -0.1) is 0 Å². The maximum atomic E-state index is 13.6. The lowest BCUT2D eigenvalue weighted by Gasteiger charge is -2.26. The molecule has 3 nitrogen and oxygen atoms in total. The van der Waals surface area contributed by atoms with Crippen LogP contribution in [0.2, 0.25) is 0 Å². The number of hydrogen-bond acceptors (Lipinski definition) is 2. The number of methoxy groups -OCH3 is 1. The van der Waals surface area contributed by atoms with Gasteiger partial charge in [-0.3, -0.25) is 4.79 Å². The van der Waals surface area contributed by atoms with Crippen molar-refractivity contribution in [2.24, 2.45) is 0 Å². The van der Waals surface area contributed by atoms with Crippen LogP contribution in [0, 0.1) is 0 Å². The number of rotatable bonds is 21. The number of hydrogen-bond donors (Lipinski definition) is 0. The van der Waals surface area contributed by atoms with Crippen LogP contribution in [0.4, 0.5) is 0 Å². The predicted molar refractivity (Wildman–Crippen MR) is 161 cm³/mol. The average molecular weight is 510 g/mol. The van der Waals surface area contributed by atoms with Crippen LogP contribution in [-0.2, 0) is 4.79 Å². The molecule has 0 aliphatic heterocycles. The van der Waals surface area contributed by atoms with Crippen LogP contribution in [0.3, 0.4) is 0 Å². The molecular weight excluding hydrogens is 454 g/mol. The van der Waals surface area contributed by atoms with Crippen molar-refractivity contribution < 1.29 is 9.53 Å². The van der Waals surface area contributed by atoms with Crippen LogP contribution in [-0.4, -0.2) is 31.0 Å². The predicted octanol–water partition coefficient (Wildman–Crippen LogP) is 10.1. The second-order valence-corrected chi connectivity index (χ2v) is 11.0. The van der Waals surface area contributed by atoms with Gasteiger partial charge in [0.15, 0.2) is 0 Å². The molecule has 2 aromatic carbocycles. The van der Waals surface area contributed by atoms with Gasteiger partial charge in [-0.05, 0) is 48.2 Å². The third kappa shape index (κ3) is 11.9. The van der Waals surface area contributed by atoms with Crippen molar-refractivity contribution in [3.63, 3.8) is 0 Å². The van der Waals surface area contributed by atoms with Gasteiger partial charge in [-0.2, -0.15) is 0 Å². The van der Waals surface area contributed by atoms with E-state index in [4.69, 9.17) is 4.74 Å². The molecule has 1 amide bonds. The van der Waals surface area contributed by atoms with E-state index >= 15 is 0 Å². The Morgan fingerprint density at radius 2 is 1.14 bits per heavy atom. The Bertz CT molecular complexity index is 877. The summed E-state index contributed by atoms with van der Waals surface area (Å²) in [6.07, 6.45) is 20.8. The summed E-state index contributed by atoms with van der Waals surface area (Å²) in [6.45, 7) is 8.43. The van der Waals surface area contributed by atoms with Crippen molar-refractivity contribution in [2.45, 2.75) is 129 Å². The Hall–Kier alpha value is -2.03. The SMILES string of the molecule is CCCCCCCCCCCCN(CCCCCCCC)C(=O)[C@@H](C)c1ccc2cc(OC)ccc2c1. The quantitative estimate of drug-likeness (QED) is 0.157. The average Bonchev–Trinajstić information content (AvgIpc) is 2.93. The van der Waals surface area contributed by atoms with Gasteiger partial charge in [0, 0.05) is 13.1 Å². The number of benzene rings is 2. The maximum Gasteiger partial charge on any atom is 0.229 e. The molecule has 0 unspecified atom stereocenters. The summed E-state index contributed by atoms with van der Waals surface area (Å²) in [7, 11) is 1.70. The van der Waals surface area contributed by atoms with Crippen LogP contribution >= 0.6 is 0 Å². The van der Waals surface area contributed by atoms with Gasteiger partial charge in [0.25, 0.3) is 0 Å². The lowest BCUT2D eigenvalue weighted by Crippen LogP contribution is -2.36. The first-order chi connectivity index (χ1) is 18.1. The summed E-state index contributed by atoms with van der Waals surface area (Å²) in [6, 6.07) is 12.6. The van der Waals surface area contributed by atoms with Crippen molar-refractivity contribution in [1.29, 1.82) is 0 Å². The number of fused-ring (bicyclic) bond motifs is 1. The monoisotopic (exact) mass is 509 g/mol. The minimum absolute atomic E-state index is 0.116. The Balaban J connectivity index is 1.88. The number of unbranched alkanes of at least 4 members (excludes halogenated alkanes) is 14. The highest BCUT2D eigenvalue weighted by molar-refractivity contribution is 5.88. The number of carbonyl (C=O) groups is 1. The fourth-order valence-corrected chi connectivity index (χ4v) is 5.26. The smallest absolute Gasteiger partial charge is 0.229 e. The van der Waals surface area contributed by atoms with E-state index in [0.29, 0.717) is 0 Å². The second-order valence-electron chi connectivity index (χ2n) is 11.0.